The summed E-state index contributed by atoms with van der Waals surface area (Å²) in [5.41, 5.74) is 3.04. The number of nitrogens with one attached hydrogen (secondary N) is 2. The predicted molar refractivity (Wildman–Crippen MR) is 151 cm³/mol. The third-order valence-corrected chi connectivity index (χ3v) is 9.72. The minimum absolute atomic E-state index is 0.142. The number of unbranched alkanes of at least 4 members (excludes halogenated alkanes) is 1. The van der Waals surface area contributed by atoms with Crippen LogP contribution < -0.4 is 10.6 Å². The van der Waals surface area contributed by atoms with Crippen LogP contribution in [-0.4, -0.2) is 56.6 Å². The summed E-state index contributed by atoms with van der Waals surface area (Å²) in [6, 6.07) is 16.2. The highest BCUT2D eigenvalue weighted by molar-refractivity contribution is 7.89. The van der Waals surface area contributed by atoms with Gasteiger partial charge in [0.25, 0.3) is 11.8 Å². The summed E-state index contributed by atoms with van der Waals surface area (Å²) >= 11 is 1.42. The molecular formula is C28H34N4O4S2. The van der Waals surface area contributed by atoms with E-state index in [1.807, 2.05) is 25.1 Å². The Morgan fingerprint density at radius 1 is 1.05 bits per heavy atom. The maximum atomic E-state index is 13.1. The van der Waals surface area contributed by atoms with Crippen molar-refractivity contribution in [1.29, 1.82) is 0 Å². The number of sulfonamides is 1. The lowest BCUT2D eigenvalue weighted by Gasteiger charge is -2.27. The van der Waals surface area contributed by atoms with Gasteiger partial charge in [-0.3, -0.25) is 14.5 Å². The van der Waals surface area contributed by atoms with Crippen molar-refractivity contribution in [2.75, 3.05) is 32.5 Å². The predicted octanol–water partition coefficient (Wildman–Crippen LogP) is 4.34. The maximum absolute atomic E-state index is 13.1. The van der Waals surface area contributed by atoms with E-state index in [4.69, 9.17) is 0 Å². The van der Waals surface area contributed by atoms with E-state index >= 15 is 0 Å². The number of fused-ring (bicyclic) bond motifs is 1. The van der Waals surface area contributed by atoms with E-state index in [9.17, 15) is 18.0 Å². The topological polar surface area (TPSA) is 98.8 Å². The molecule has 0 radical (unpaired) electrons. The van der Waals surface area contributed by atoms with Crippen molar-refractivity contribution in [3.05, 3.63) is 81.7 Å². The number of hydrogen-bond acceptors (Lipinski definition) is 6. The number of carbonyl (C=O) groups excluding carboxylic acids is 2. The lowest BCUT2D eigenvalue weighted by Crippen LogP contribution is -2.30. The molecule has 2 N–H and O–H groups in total. The standard InChI is InChI=1S/C28H34N4O4S2/c1-4-5-16-31(3)38(35,36)22-13-11-21(12-14-22)26(33)30-28-25(27(34)29-2)23-15-17-32(19-24(23)37-28)18-20-9-7-6-8-10-20/h6-14H,4-5,15-19H2,1-3H3,(H,29,34)(H,30,33). The minimum atomic E-state index is -3.62. The smallest absolute Gasteiger partial charge is 0.256 e. The van der Waals surface area contributed by atoms with E-state index in [0.29, 0.717) is 29.2 Å². The van der Waals surface area contributed by atoms with E-state index in [-0.39, 0.29) is 10.8 Å². The van der Waals surface area contributed by atoms with Gasteiger partial charge in [0, 0.05) is 50.7 Å². The van der Waals surface area contributed by atoms with Gasteiger partial charge in [-0.15, -0.1) is 11.3 Å². The van der Waals surface area contributed by atoms with Gasteiger partial charge < -0.3 is 10.6 Å². The minimum Gasteiger partial charge on any atom is -0.355 e. The van der Waals surface area contributed by atoms with Gasteiger partial charge in [0.1, 0.15) is 5.00 Å². The van der Waals surface area contributed by atoms with Crippen LogP contribution in [0.4, 0.5) is 5.00 Å². The Bertz CT molecular complexity index is 1390. The quantitative estimate of drug-likeness (QED) is 0.389. The molecule has 0 atom stereocenters. The Morgan fingerprint density at radius 3 is 2.42 bits per heavy atom. The van der Waals surface area contributed by atoms with Crippen molar-refractivity contribution in [2.24, 2.45) is 0 Å². The summed E-state index contributed by atoms with van der Waals surface area (Å²) in [6.45, 7) is 4.78. The number of hydrogen-bond donors (Lipinski definition) is 2. The lowest BCUT2D eigenvalue weighted by molar-refractivity contribution is 0.0962. The van der Waals surface area contributed by atoms with Crippen molar-refractivity contribution in [1.82, 2.24) is 14.5 Å². The average Bonchev–Trinajstić information content (AvgIpc) is 3.28. The molecule has 2 heterocycles. The fraction of sp³-hybridized carbons (Fsp3) is 0.357. The molecule has 0 saturated carbocycles. The summed E-state index contributed by atoms with van der Waals surface area (Å²) in [6.07, 6.45) is 2.39. The van der Waals surface area contributed by atoms with Gasteiger partial charge in [0.2, 0.25) is 10.0 Å². The van der Waals surface area contributed by atoms with Gasteiger partial charge in [-0.05, 0) is 48.2 Å². The molecule has 0 aliphatic carbocycles. The van der Waals surface area contributed by atoms with Crippen molar-refractivity contribution < 1.29 is 18.0 Å². The van der Waals surface area contributed by atoms with Crippen LogP contribution >= 0.6 is 11.3 Å². The van der Waals surface area contributed by atoms with Crippen molar-refractivity contribution >= 4 is 38.2 Å². The lowest BCUT2D eigenvalue weighted by atomic mass is 10.0. The van der Waals surface area contributed by atoms with Crippen molar-refractivity contribution in [3.8, 4) is 0 Å². The van der Waals surface area contributed by atoms with E-state index in [1.54, 1.807) is 14.1 Å². The highest BCUT2D eigenvalue weighted by Gasteiger charge is 2.29. The van der Waals surface area contributed by atoms with Crippen LogP contribution in [0.2, 0.25) is 0 Å². The molecule has 0 saturated heterocycles. The van der Waals surface area contributed by atoms with Gasteiger partial charge in [0.15, 0.2) is 0 Å². The monoisotopic (exact) mass is 554 g/mol. The Hall–Kier alpha value is -3.05. The summed E-state index contributed by atoms with van der Waals surface area (Å²) in [5, 5.41) is 6.13. The first-order valence-corrected chi connectivity index (χ1v) is 15.0. The Morgan fingerprint density at radius 2 is 1.76 bits per heavy atom. The number of nitrogens with zero attached hydrogens (tertiary/aromatic N) is 2. The number of rotatable bonds is 10. The molecule has 1 aliphatic rings. The van der Waals surface area contributed by atoms with E-state index < -0.39 is 15.9 Å². The second-order valence-corrected chi connectivity index (χ2v) is 12.5. The largest absolute Gasteiger partial charge is 0.355 e. The second kappa shape index (κ2) is 12.2. The summed E-state index contributed by atoms with van der Waals surface area (Å²) in [7, 11) is -0.474. The van der Waals surface area contributed by atoms with Gasteiger partial charge >= 0.3 is 0 Å². The molecule has 3 aromatic rings. The summed E-state index contributed by atoms with van der Waals surface area (Å²) in [4.78, 5) is 29.5. The van der Waals surface area contributed by atoms with Gasteiger partial charge in [-0.1, -0.05) is 43.7 Å². The maximum Gasteiger partial charge on any atom is 0.256 e. The van der Waals surface area contributed by atoms with Crippen LogP contribution in [0.3, 0.4) is 0 Å². The molecule has 38 heavy (non-hydrogen) atoms. The Kier molecular flexibility index (Phi) is 8.99. The molecule has 0 bridgehead atoms. The van der Waals surface area contributed by atoms with Gasteiger partial charge in [0.05, 0.1) is 10.5 Å². The zero-order chi connectivity index (χ0) is 27.3. The first kappa shape index (κ1) is 28.0. The first-order valence-electron chi connectivity index (χ1n) is 12.7. The van der Waals surface area contributed by atoms with Crippen LogP contribution in [0.5, 0.6) is 0 Å². The van der Waals surface area contributed by atoms with E-state index in [0.717, 1.165) is 42.8 Å². The Labute approximate surface area is 228 Å². The third kappa shape index (κ3) is 6.15. The van der Waals surface area contributed by atoms with Gasteiger partial charge in [-0.2, -0.15) is 0 Å². The van der Waals surface area contributed by atoms with Crippen LogP contribution in [-0.2, 0) is 29.5 Å². The number of carbonyl (C=O) groups is 2. The normalized spacial score (nSPS) is 13.8. The van der Waals surface area contributed by atoms with Crippen LogP contribution in [0.15, 0.2) is 59.5 Å². The van der Waals surface area contributed by atoms with E-state index in [1.165, 1.54) is 45.5 Å². The van der Waals surface area contributed by atoms with Crippen LogP contribution in [0.1, 0.15) is 56.5 Å². The molecule has 0 fully saturated rings. The SMILES string of the molecule is CCCCN(C)S(=O)(=O)c1ccc(C(=O)Nc2sc3c(c2C(=O)NC)CCN(Cc2ccccc2)C3)cc1. The van der Waals surface area contributed by atoms with Crippen LogP contribution in [0, 0.1) is 0 Å². The Balaban J connectivity index is 1.52. The number of anilines is 1. The average molecular weight is 555 g/mol. The van der Waals surface area contributed by atoms with Crippen LogP contribution in [0.25, 0.3) is 0 Å². The molecule has 10 heteroatoms. The molecule has 1 aromatic heterocycles. The molecule has 2 aromatic carbocycles. The number of thiophene rings is 1. The molecule has 0 spiro atoms. The molecule has 4 rings (SSSR count). The zero-order valence-electron chi connectivity index (χ0n) is 22.0. The molecule has 0 unspecified atom stereocenters. The second-order valence-electron chi connectivity index (χ2n) is 9.39. The number of benzene rings is 2. The third-order valence-electron chi connectivity index (χ3n) is 6.72. The molecule has 8 nitrogen and oxygen atoms in total. The van der Waals surface area contributed by atoms with E-state index in [2.05, 4.69) is 27.7 Å². The van der Waals surface area contributed by atoms with Crippen molar-refractivity contribution in [3.63, 3.8) is 0 Å². The first-order chi connectivity index (χ1) is 18.2. The van der Waals surface area contributed by atoms with Gasteiger partial charge in [-0.25, -0.2) is 12.7 Å². The fourth-order valence-corrected chi connectivity index (χ4v) is 7.01. The molecular weight excluding hydrogens is 520 g/mol. The highest BCUT2D eigenvalue weighted by atomic mass is 32.2. The number of amides is 2. The molecule has 1 aliphatic heterocycles. The summed E-state index contributed by atoms with van der Waals surface area (Å²) < 4.78 is 26.9. The zero-order valence-corrected chi connectivity index (χ0v) is 23.6. The highest BCUT2D eigenvalue weighted by Crippen LogP contribution is 2.37. The molecule has 202 valence electrons. The van der Waals surface area contributed by atoms with Crippen molar-refractivity contribution in [2.45, 2.75) is 44.2 Å². The fourth-order valence-electron chi connectivity index (χ4n) is 4.52. The molecule has 2 amide bonds. The summed E-state index contributed by atoms with van der Waals surface area (Å²) in [5.74, 6) is -0.621.